The molecule has 2 aromatic rings. The van der Waals surface area contributed by atoms with Gasteiger partial charge in [-0.25, -0.2) is 9.97 Å². The third kappa shape index (κ3) is 3.75. The maximum atomic E-state index is 5.92. The van der Waals surface area contributed by atoms with E-state index in [1.165, 1.54) is 0 Å². The zero-order valence-corrected chi connectivity index (χ0v) is 12.3. The van der Waals surface area contributed by atoms with Gasteiger partial charge < -0.3 is 10.5 Å². The molecular formula is C13H14ClN3OS. The highest BCUT2D eigenvalue weighted by Crippen LogP contribution is 2.30. The summed E-state index contributed by atoms with van der Waals surface area (Å²) in [4.78, 5) is 9.46. The van der Waals surface area contributed by atoms with Crippen LogP contribution in [0.3, 0.4) is 0 Å². The number of ether oxygens (including phenoxy) is 1. The van der Waals surface area contributed by atoms with Crippen LogP contribution in [0.15, 0.2) is 29.2 Å². The molecule has 6 heteroatoms. The number of aromatic nitrogens is 2. The molecule has 0 unspecified atom stereocenters. The van der Waals surface area contributed by atoms with Crippen molar-refractivity contribution in [2.75, 3.05) is 12.8 Å². The van der Waals surface area contributed by atoms with Gasteiger partial charge in [0.2, 0.25) is 0 Å². The topological polar surface area (TPSA) is 61.0 Å². The molecule has 0 spiro atoms. The Morgan fingerprint density at radius 1 is 1.32 bits per heavy atom. The molecule has 0 saturated carbocycles. The summed E-state index contributed by atoms with van der Waals surface area (Å²) in [5.41, 5.74) is 7.49. The Balaban J connectivity index is 2.13. The Morgan fingerprint density at radius 3 is 2.79 bits per heavy atom. The van der Waals surface area contributed by atoms with Gasteiger partial charge in [0.25, 0.3) is 0 Å². The molecule has 1 heterocycles. The van der Waals surface area contributed by atoms with E-state index < -0.39 is 0 Å². The molecule has 2 rings (SSSR count). The van der Waals surface area contributed by atoms with Crippen molar-refractivity contribution in [2.45, 2.75) is 17.6 Å². The Morgan fingerprint density at radius 2 is 2.11 bits per heavy atom. The summed E-state index contributed by atoms with van der Waals surface area (Å²) in [6.45, 7) is 1.89. The van der Waals surface area contributed by atoms with E-state index >= 15 is 0 Å². The van der Waals surface area contributed by atoms with Gasteiger partial charge in [-0.15, -0.1) is 11.8 Å². The molecule has 4 nitrogen and oxygen atoms in total. The van der Waals surface area contributed by atoms with Crippen molar-refractivity contribution in [3.63, 3.8) is 0 Å². The van der Waals surface area contributed by atoms with E-state index in [0.717, 1.165) is 16.3 Å². The lowest BCUT2D eigenvalue weighted by Crippen LogP contribution is -1.96. The Labute approximate surface area is 121 Å². The van der Waals surface area contributed by atoms with E-state index in [2.05, 4.69) is 9.97 Å². The molecule has 0 bridgehead atoms. The molecule has 2 N–H and O–H groups in total. The number of hydrogen-bond donors (Lipinski definition) is 1. The number of anilines is 1. The standard InChI is InChI=1S/C13H14ClN3OS/c1-8-5-12(14)17-13(16-8)7-19-11-6-9(18-2)3-4-10(11)15/h3-6H,7,15H2,1-2H3. The van der Waals surface area contributed by atoms with Crippen LogP contribution < -0.4 is 10.5 Å². The van der Waals surface area contributed by atoms with Crippen molar-refractivity contribution in [3.05, 3.63) is 40.9 Å². The Hall–Kier alpha value is -1.46. The molecule has 19 heavy (non-hydrogen) atoms. The summed E-state index contributed by atoms with van der Waals surface area (Å²) in [5.74, 6) is 2.08. The third-order valence-electron chi connectivity index (χ3n) is 2.45. The number of rotatable bonds is 4. The van der Waals surface area contributed by atoms with Gasteiger partial charge in [-0.1, -0.05) is 11.6 Å². The third-order valence-corrected chi connectivity index (χ3v) is 3.71. The lowest BCUT2D eigenvalue weighted by atomic mass is 10.3. The quantitative estimate of drug-likeness (QED) is 0.532. The van der Waals surface area contributed by atoms with Gasteiger partial charge in [-0.3, -0.25) is 0 Å². The van der Waals surface area contributed by atoms with Gasteiger partial charge >= 0.3 is 0 Å². The monoisotopic (exact) mass is 295 g/mol. The van der Waals surface area contributed by atoms with Crippen LogP contribution in [-0.4, -0.2) is 17.1 Å². The van der Waals surface area contributed by atoms with Crippen molar-refractivity contribution >= 4 is 29.1 Å². The van der Waals surface area contributed by atoms with Gasteiger partial charge in [0.05, 0.1) is 12.9 Å². The van der Waals surface area contributed by atoms with Crippen LogP contribution in [0.2, 0.25) is 5.15 Å². The summed E-state index contributed by atoms with van der Waals surface area (Å²) in [5, 5.41) is 0.460. The van der Waals surface area contributed by atoms with Crippen molar-refractivity contribution < 1.29 is 4.74 Å². The van der Waals surface area contributed by atoms with Crippen LogP contribution >= 0.6 is 23.4 Å². The van der Waals surface area contributed by atoms with E-state index in [1.807, 2.05) is 25.1 Å². The highest BCUT2D eigenvalue weighted by molar-refractivity contribution is 7.98. The van der Waals surface area contributed by atoms with Gasteiger partial charge in [0.15, 0.2) is 0 Å². The van der Waals surface area contributed by atoms with Crippen LogP contribution in [0.25, 0.3) is 0 Å². The van der Waals surface area contributed by atoms with Crippen molar-refractivity contribution in [1.82, 2.24) is 9.97 Å². The Bertz CT molecular complexity index is 572. The van der Waals surface area contributed by atoms with Crippen LogP contribution in [0.4, 0.5) is 5.69 Å². The van der Waals surface area contributed by atoms with Crippen LogP contribution in [0, 0.1) is 6.92 Å². The summed E-state index contributed by atoms with van der Waals surface area (Å²) in [6.07, 6.45) is 0. The molecule has 0 atom stereocenters. The first-order valence-corrected chi connectivity index (χ1v) is 7.01. The molecular weight excluding hydrogens is 282 g/mol. The largest absolute Gasteiger partial charge is 0.497 e. The smallest absolute Gasteiger partial charge is 0.140 e. The van der Waals surface area contributed by atoms with Crippen LogP contribution in [0.5, 0.6) is 5.75 Å². The summed E-state index contributed by atoms with van der Waals surface area (Å²) < 4.78 is 5.18. The lowest BCUT2D eigenvalue weighted by molar-refractivity contribution is 0.414. The fraction of sp³-hybridized carbons (Fsp3) is 0.231. The number of hydrogen-bond acceptors (Lipinski definition) is 5. The number of nitrogens with zero attached hydrogens (tertiary/aromatic N) is 2. The maximum absolute atomic E-state index is 5.92. The molecule has 1 aromatic heterocycles. The predicted octanol–water partition coefficient (Wildman–Crippen LogP) is 3.32. The summed E-state index contributed by atoms with van der Waals surface area (Å²) in [6, 6.07) is 7.29. The zero-order valence-electron chi connectivity index (χ0n) is 10.7. The normalized spacial score (nSPS) is 10.5. The number of thioether (sulfide) groups is 1. The average molecular weight is 296 g/mol. The minimum Gasteiger partial charge on any atom is -0.497 e. The zero-order chi connectivity index (χ0) is 13.8. The SMILES string of the molecule is COc1ccc(N)c(SCc2nc(C)cc(Cl)n2)c1. The molecule has 0 saturated heterocycles. The molecule has 0 aliphatic carbocycles. The number of benzene rings is 1. The molecule has 0 radical (unpaired) electrons. The molecule has 0 aliphatic heterocycles. The fourth-order valence-corrected chi connectivity index (χ4v) is 2.67. The van der Waals surface area contributed by atoms with Crippen molar-refractivity contribution in [2.24, 2.45) is 0 Å². The first-order valence-electron chi connectivity index (χ1n) is 5.65. The van der Waals surface area contributed by atoms with Gasteiger partial charge in [-0.2, -0.15) is 0 Å². The second kappa shape index (κ2) is 6.12. The van der Waals surface area contributed by atoms with Gasteiger partial charge in [0.1, 0.15) is 16.7 Å². The average Bonchev–Trinajstić information content (AvgIpc) is 2.37. The number of halogens is 1. The highest BCUT2D eigenvalue weighted by atomic mass is 35.5. The highest BCUT2D eigenvalue weighted by Gasteiger charge is 2.06. The Kier molecular flexibility index (Phi) is 4.50. The number of methoxy groups -OCH3 is 1. The van der Waals surface area contributed by atoms with Crippen molar-refractivity contribution in [3.8, 4) is 5.75 Å². The van der Waals surface area contributed by atoms with Gasteiger partial charge in [-0.05, 0) is 31.2 Å². The number of aryl methyl sites for hydroxylation is 1. The molecule has 0 amide bonds. The maximum Gasteiger partial charge on any atom is 0.140 e. The van der Waals surface area contributed by atoms with Crippen molar-refractivity contribution in [1.29, 1.82) is 0 Å². The number of nitrogen functional groups attached to an aromatic ring is 1. The summed E-state index contributed by atoms with van der Waals surface area (Å²) >= 11 is 7.46. The first kappa shape index (κ1) is 14.0. The summed E-state index contributed by atoms with van der Waals surface area (Å²) in [7, 11) is 1.63. The van der Waals surface area contributed by atoms with E-state index in [1.54, 1.807) is 24.9 Å². The molecule has 100 valence electrons. The van der Waals surface area contributed by atoms with Crippen LogP contribution in [-0.2, 0) is 5.75 Å². The number of nitrogens with two attached hydrogens (primary N) is 1. The van der Waals surface area contributed by atoms with E-state index in [4.69, 9.17) is 22.1 Å². The minimum atomic E-state index is 0.460. The van der Waals surface area contributed by atoms with E-state index in [-0.39, 0.29) is 0 Å². The minimum absolute atomic E-state index is 0.460. The molecule has 0 aliphatic rings. The second-order valence-corrected chi connectivity index (χ2v) is 5.35. The lowest BCUT2D eigenvalue weighted by Gasteiger charge is -2.07. The fourth-order valence-electron chi connectivity index (χ4n) is 1.56. The second-order valence-electron chi connectivity index (χ2n) is 3.94. The molecule has 0 fully saturated rings. The van der Waals surface area contributed by atoms with E-state index in [0.29, 0.717) is 22.4 Å². The first-order chi connectivity index (χ1) is 9.08. The predicted molar refractivity (Wildman–Crippen MR) is 78.7 cm³/mol. The van der Waals surface area contributed by atoms with Crippen LogP contribution in [0.1, 0.15) is 11.5 Å². The van der Waals surface area contributed by atoms with Gasteiger partial charge in [0, 0.05) is 16.3 Å². The molecule has 1 aromatic carbocycles. The van der Waals surface area contributed by atoms with E-state index in [9.17, 15) is 0 Å².